The van der Waals surface area contributed by atoms with E-state index in [4.69, 9.17) is 0 Å². The number of benzene rings is 2. The van der Waals surface area contributed by atoms with Crippen LogP contribution >= 0.6 is 15.9 Å². The van der Waals surface area contributed by atoms with Crippen LogP contribution in [0.3, 0.4) is 0 Å². The van der Waals surface area contributed by atoms with Gasteiger partial charge in [-0.3, -0.25) is 14.4 Å². The molecule has 0 saturated carbocycles. The summed E-state index contributed by atoms with van der Waals surface area (Å²) in [6.07, 6.45) is 2.47. The van der Waals surface area contributed by atoms with Gasteiger partial charge in [0.25, 0.3) is 5.91 Å². The van der Waals surface area contributed by atoms with E-state index in [0.29, 0.717) is 39.8 Å². The van der Waals surface area contributed by atoms with Crippen LogP contribution in [0, 0.1) is 5.82 Å². The molecule has 0 radical (unpaired) electrons. The van der Waals surface area contributed by atoms with Gasteiger partial charge < -0.3 is 16.0 Å². The quantitative estimate of drug-likeness (QED) is 0.657. The lowest BCUT2D eigenvalue weighted by Crippen LogP contribution is -2.32. The van der Waals surface area contributed by atoms with Crippen LogP contribution in [0.25, 0.3) is 0 Å². The number of amides is 3. The monoisotopic (exact) mass is 457 g/mol. The van der Waals surface area contributed by atoms with Crippen LogP contribution in [0.4, 0.5) is 15.8 Å². The van der Waals surface area contributed by atoms with Gasteiger partial charge in [0.2, 0.25) is 11.8 Å². The molecule has 148 valence electrons. The Labute approximate surface area is 174 Å². The van der Waals surface area contributed by atoms with E-state index in [9.17, 15) is 18.8 Å². The van der Waals surface area contributed by atoms with Crippen molar-refractivity contribution in [3.8, 4) is 0 Å². The number of anilines is 2. The molecule has 0 spiro atoms. The zero-order valence-corrected chi connectivity index (χ0v) is 16.8. The number of aryl methyl sites for hydroxylation is 1. The van der Waals surface area contributed by atoms with Gasteiger partial charge in [-0.15, -0.1) is 0 Å². The minimum atomic E-state index is -0.560. The molecule has 0 bridgehead atoms. The maximum Gasteiger partial charge on any atom is 0.253 e. The molecule has 29 heavy (non-hydrogen) atoms. The van der Waals surface area contributed by atoms with Gasteiger partial charge in [-0.1, -0.05) is 12.1 Å². The molecule has 2 aliphatic rings. The van der Waals surface area contributed by atoms with Crippen molar-refractivity contribution in [1.82, 2.24) is 5.32 Å². The fourth-order valence-electron chi connectivity index (χ4n) is 3.55. The number of rotatable bonds is 3. The standard InChI is InChI=1S/C21H17BrFN3O3/c22-16-7-12-4-5-19(27)25-17(12)9-18(16)26-21(29)15-10-24-20(28)8-14(15)11-2-1-3-13(23)6-11/h1-3,6-7,9-10,14H,4-5,8H2,(H,24,28)(H,25,27)(H,26,29). The number of hydrogen-bond acceptors (Lipinski definition) is 3. The Balaban J connectivity index is 1.62. The third-order valence-electron chi connectivity index (χ3n) is 5.00. The average Bonchev–Trinajstić information content (AvgIpc) is 2.68. The van der Waals surface area contributed by atoms with E-state index >= 15 is 0 Å². The molecule has 0 aromatic heterocycles. The van der Waals surface area contributed by atoms with E-state index < -0.39 is 17.6 Å². The fourth-order valence-corrected chi connectivity index (χ4v) is 4.04. The van der Waals surface area contributed by atoms with Crippen molar-refractivity contribution in [2.75, 3.05) is 10.6 Å². The molecule has 2 heterocycles. The van der Waals surface area contributed by atoms with E-state index in [0.717, 1.165) is 5.56 Å². The van der Waals surface area contributed by atoms with E-state index in [1.165, 1.54) is 18.3 Å². The van der Waals surface area contributed by atoms with Gasteiger partial charge >= 0.3 is 0 Å². The summed E-state index contributed by atoms with van der Waals surface area (Å²) >= 11 is 3.46. The number of hydrogen-bond donors (Lipinski definition) is 3. The lowest BCUT2D eigenvalue weighted by atomic mass is 9.86. The van der Waals surface area contributed by atoms with Crippen molar-refractivity contribution in [3.05, 3.63) is 69.6 Å². The van der Waals surface area contributed by atoms with E-state index in [-0.39, 0.29) is 18.2 Å². The summed E-state index contributed by atoms with van der Waals surface area (Å²) in [5, 5.41) is 8.19. The van der Waals surface area contributed by atoms with Crippen LogP contribution in [0.1, 0.15) is 29.9 Å². The minimum absolute atomic E-state index is 0.0458. The first-order valence-corrected chi connectivity index (χ1v) is 9.88. The Kier molecular flexibility index (Phi) is 5.19. The van der Waals surface area contributed by atoms with Gasteiger partial charge in [0.15, 0.2) is 0 Å². The molecule has 3 amide bonds. The Morgan fingerprint density at radius 1 is 1.14 bits per heavy atom. The molecule has 0 fully saturated rings. The number of nitrogens with one attached hydrogen (secondary N) is 3. The van der Waals surface area contributed by atoms with Crippen molar-refractivity contribution in [2.45, 2.75) is 25.2 Å². The van der Waals surface area contributed by atoms with Crippen LogP contribution in [0.5, 0.6) is 0 Å². The van der Waals surface area contributed by atoms with Crippen LogP contribution in [-0.2, 0) is 20.8 Å². The van der Waals surface area contributed by atoms with Crippen molar-refractivity contribution < 1.29 is 18.8 Å². The SMILES string of the molecule is O=C1CC(c2cccc(F)c2)C(C(=O)Nc2cc3c(cc2Br)CCC(=O)N3)=CN1. The number of halogens is 2. The van der Waals surface area contributed by atoms with E-state index in [1.54, 1.807) is 18.2 Å². The molecule has 0 saturated heterocycles. The molecular weight excluding hydrogens is 441 g/mol. The Hall–Kier alpha value is -3.00. The first kappa shape index (κ1) is 19.3. The highest BCUT2D eigenvalue weighted by molar-refractivity contribution is 9.10. The second-order valence-corrected chi connectivity index (χ2v) is 7.82. The summed E-state index contributed by atoms with van der Waals surface area (Å²) in [5.74, 6) is -1.71. The van der Waals surface area contributed by atoms with Crippen LogP contribution in [0.15, 0.2) is 52.6 Å². The summed E-state index contributed by atoms with van der Waals surface area (Å²) in [7, 11) is 0. The number of carbonyl (C=O) groups is 3. The minimum Gasteiger partial charge on any atom is -0.332 e. The Morgan fingerprint density at radius 2 is 1.97 bits per heavy atom. The molecule has 8 heteroatoms. The highest BCUT2D eigenvalue weighted by Crippen LogP contribution is 2.35. The maximum absolute atomic E-state index is 13.7. The summed E-state index contributed by atoms with van der Waals surface area (Å²) < 4.78 is 14.4. The molecule has 1 atom stereocenters. The van der Waals surface area contributed by atoms with Crippen LogP contribution in [-0.4, -0.2) is 17.7 Å². The normalized spacial score (nSPS) is 18.3. The summed E-state index contributed by atoms with van der Waals surface area (Å²) in [6.45, 7) is 0. The lowest BCUT2D eigenvalue weighted by molar-refractivity contribution is -0.121. The zero-order chi connectivity index (χ0) is 20.5. The number of fused-ring (bicyclic) bond motifs is 1. The fraction of sp³-hybridized carbons (Fsp3) is 0.190. The highest BCUT2D eigenvalue weighted by atomic mass is 79.9. The van der Waals surface area contributed by atoms with Crippen molar-refractivity contribution in [2.24, 2.45) is 0 Å². The number of carbonyl (C=O) groups excluding carboxylic acids is 3. The van der Waals surface area contributed by atoms with Gasteiger partial charge in [0.05, 0.1) is 5.69 Å². The highest BCUT2D eigenvalue weighted by Gasteiger charge is 2.29. The van der Waals surface area contributed by atoms with E-state index in [1.807, 2.05) is 6.07 Å². The molecule has 2 aromatic carbocycles. The molecular formula is C21H17BrFN3O3. The molecule has 0 aliphatic carbocycles. The zero-order valence-electron chi connectivity index (χ0n) is 15.2. The second kappa shape index (κ2) is 7.79. The van der Waals surface area contributed by atoms with Gasteiger partial charge in [-0.25, -0.2) is 4.39 Å². The second-order valence-electron chi connectivity index (χ2n) is 6.97. The van der Waals surface area contributed by atoms with Crippen LogP contribution < -0.4 is 16.0 Å². The predicted octanol–water partition coefficient (Wildman–Crippen LogP) is 3.60. The average molecular weight is 458 g/mol. The Morgan fingerprint density at radius 3 is 2.76 bits per heavy atom. The van der Waals surface area contributed by atoms with Gasteiger partial charge in [-0.2, -0.15) is 0 Å². The third kappa shape index (κ3) is 4.07. The van der Waals surface area contributed by atoms with Crippen molar-refractivity contribution in [1.29, 1.82) is 0 Å². The van der Waals surface area contributed by atoms with Gasteiger partial charge in [-0.05, 0) is 57.7 Å². The molecule has 2 aromatic rings. The molecule has 6 nitrogen and oxygen atoms in total. The maximum atomic E-state index is 13.7. The molecule has 3 N–H and O–H groups in total. The summed E-state index contributed by atoms with van der Waals surface area (Å²) in [5.41, 5.74) is 3.01. The molecule has 2 aliphatic heterocycles. The summed E-state index contributed by atoms with van der Waals surface area (Å²) in [6, 6.07) is 9.45. The summed E-state index contributed by atoms with van der Waals surface area (Å²) in [4.78, 5) is 36.5. The molecule has 1 unspecified atom stereocenters. The topological polar surface area (TPSA) is 87.3 Å². The smallest absolute Gasteiger partial charge is 0.253 e. The molecule has 4 rings (SSSR count). The van der Waals surface area contributed by atoms with E-state index in [2.05, 4.69) is 31.9 Å². The Bertz CT molecular complexity index is 1070. The lowest BCUT2D eigenvalue weighted by Gasteiger charge is -2.25. The van der Waals surface area contributed by atoms with Crippen molar-refractivity contribution in [3.63, 3.8) is 0 Å². The van der Waals surface area contributed by atoms with Crippen molar-refractivity contribution >= 4 is 45.0 Å². The van der Waals surface area contributed by atoms with Gasteiger partial charge in [0.1, 0.15) is 5.82 Å². The largest absolute Gasteiger partial charge is 0.332 e. The first-order chi connectivity index (χ1) is 13.9. The first-order valence-electron chi connectivity index (χ1n) is 9.09. The predicted molar refractivity (Wildman–Crippen MR) is 110 cm³/mol. The van der Waals surface area contributed by atoms with Gasteiger partial charge in [0, 0.05) is 40.7 Å². The third-order valence-corrected chi connectivity index (χ3v) is 5.66. The van der Waals surface area contributed by atoms with Crippen LogP contribution in [0.2, 0.25) is 0 Å².